The first-order chi connectivity index (χ1) is 12.0. The minimum Gasteiger partial charge on any atom is -0.459 e. The zero-order valence-electron chi connectivity index (χ0n) is 14.3. The number of hydrogen-bond donors (Lipinski definition) is 2. The third kappa shape index (κ3) is 4.09. The lowest BCUT2D eigenvalue weighted by atomic mass is 9.97. The van der Waals surface area contributed by atoms with Crippen LogP contribution < -0.4 is 11.1 Å². The molecule has 0 bridgehead atoms. The minimum atomic E-state index is -0.261. The highest BCUT2D eigenvalue weighted by Crippen LogP contribution is 2.23. The Morgan fingerprint density at radius 2 is 2.12 bits per heavy atom. The number of para-hydroxylation sites is 1. The summed E-state index contributed by atoms with van der Waals surface area (Å²) in [4.78, 5) is 26.1. The van der Waals surface area contributed by atoms with Crippen LogP contribution in [0.15, 0.2) is 41.0 Å². The summed E-state index contributed by atoms with van der Waals surface area (Å²) in [5, 5.41) is 2.93. The number of nitrogens with two attached hydrogens (primary N) is 1. The zero-order chi connectivity index (χ0) is 17.8. The van der Waals surface area contributed by atoms with Crippen molar-refractivity contribution >= 4 is 17.5 Å². The molecule has 3 rings (SSSR count). The van der Waals surface area contributed by atoms with Crippen LogP contribution in [0, 0.1) is 12.8 Å². The number of likely N-dealkylation sites (tertiary alicyclic amines) is 1. The van der Waals surface area contributed by atoms with Crippen molar-refractivity contribution in [3.63, 3.8) is 0 Å². The molecule has 0 radical (unpaired) electrons. The fourth-order valence-corrected chi connectivity index (χ4v) is 3.24. The minimum absolute atomic E-state index is 0.0960. The fourth-order valence-electron chi connectivity index (χ4n) is 3.24. The molecular weight excluding hydrogens is 318 g/mol. The van der Waals surface area contributed by atoms with E-state index in [1.807, 2.05) is 31.2 Å². The van der Waals surface area contributed by atoms with E-state index in [9.17, 15) is 9.59 Å². The van der Waals surface area contributed by atoms with Crippen LogP contribution in [0.25, 0.3) is 0 Å². The molecule has 0 unspecified atom stereocenters. The number of piperidine rings is 1. The first-order valence-corrected chi connectivity index (χ1v) is 8.49. The molecule has 0 saturated carbocycles. The predicted octanol–water partition coefficient (Wildman–Crippen LogP) is 2.54. The van der Waals surface area contributed by atoms with Gasteiger partial charge < -0.3 is 15.5 Å². The van der Waals surface area contributed by atoms with Gasteiger partial charge in [0.05, 0.1) is 12.2 Å². The zero-order valence-corrected chi connectivity index (χ0v) is 14.3. The fraction of sp³-hybridized carbons (Fsp3) is 0.368. The second kappa shape index (κ2) is 7.53. The van der Waals surface area contributed by atoms with Gasteiger partial charge in [0.1, 0.15) is 0 Å². The number of hydrogen-bond acceptors (Lipinski definition) is 4. The van der Waals surface area contributed by atoms with Gasteiger partial charge in [-0.1, -0.05) is 18.2 Å². The Bertz CT molecular complexity index is 769. The molecule has 2 amide bonds. The van der Waals surface area contributed by atoms with Gasteiger partial charge in [-0.05, 0) is 44.0 Å². The van der Waals surface area contributed by atoms with Crippen LogP contribution in [0.5, 0.6) is 0 Å². The van der Waals surface area contributed by atoms with E-state index in [4.69, 9.17) is 10.2 Å². The Hall–Kier alpha value is -2.60. The highest BCUT2D eigenvalue weighted by molar-refractivity contribution is 6.03. The summed E-state index contributed by atoms with van der Waals surface area (Å²) in [6, 6.07) is 9.45. The number of benzene rings is 1. The van der Waals surface area contributed by atoms with E-state index >= 15 is 0 Å². The highest BCUT2D eigenvalue weighted by Gasteiger charge is 2.24. The lowest BCUT2D eigenvalue weighted by Gasteiger charge is -2.31. The molecular formula is C19H23N3O3. The van der Waals surface area contributed by atoms with Crippen molar-refractivity contribution in [3.05, 3.63) is 53.5 Å². The molecule has 6 nitrogen and oxygen atoms in total. The Kier molecular flexibility index (Phi) is 5.19. The van der Waals surface area contributed by atoms with Crippen molar-refractivity contribution in [1.29, 1.82) is 0 Å². The average Bonchev–Trinajstić information content (AvgIpc) is 3.03. The van der Waals surface area contributed by atoms with Crippen LogP contribution >= 0.6 is 0 Å². The first-order valence-electron chi connectivity index (χ1n) is 8.49. The second-order valence-corrected chi connectivity index (χ2v) is 6.52. The molecule has 3 N–H and O–H groups in total. The molecule has 6 heteroatoms. The summed E-state index contributed by atoms with van der Waals surface area (Å²) in [6.45, 7) is 4.08. The van der Waals surface area contributed by atoms with Crippen LogP contribution in [0.1, 0.15) is 34.5 Å². The standard InChI is InChI=1S/C19H23N3O3/c1-13-8-10-25-17(13)19(24)21-16-7-3-2-5-14(16)11-22-9-4-6-15(12-22)18(20)23/h2-3,5,7-8,10,15H,4,6,9,11-12H2,1H3,(H2,20,23)(H,21,24)/t15-/m1/s1. The third-order valence-electron chi connectivity index (χ3n) is 4.64. The number of nitrogens with zero attached hydrogens (tertiary/aromatic N) is 1. The van der Waals surface area contributed by atoms with Gasteiger partial charge in [0.15, 0.2) is 5.76 Å². The molecule has 0 aliphatic carbocycles. The molecule has 25 heavy (non-hydrogen) atoms. The van der Waals surface area contributed by atoms with E-state index in [0.29, 0.717) is 18.8 Å². The summed E-state index contributed by atoms with van der Waals surface area (Å²) >= 11 is 0. The summed E-state index contributed by atoms with van der Waals surface area (Å²) in [6.07, 6.45) is 3.31. The molecule has 1 saturated heterocycles. The molecule has 1 atom stereocenters. The maximum Gasteiger partial charge on any atom is 0.291 e. The molecule has 1 aliphatic heterocycles. The average molecular weight is 341 g/mol. The lowest BCUT2D eigenvalue weighted by molar-refractivity contribution is -0.123. The Morgan fingerprint density at radius 1 is 1.32 bits per heavy atom. The van der Waals surface area contributed by atoms with Gasteiger partial charge in [0.2, 0.25) is 5.91 Å². The van der Waals surface area contributed by atoms with Gasteiger partial charge in [-0.2, -0.15) is 0 Å². The SMILES string of the molecule is Cc1ccoc1C(=O)Nc1ccccc1CN1CCC[C@@H](C(N)=O)C1. The quantitative estimate of drug-likeness (QED) is 0.875. The van der Waals surface area contributed by atoms with Gasteiger partial charge in [0.25, 0.3) is 5.91 Å². The van der Waals surface area contributed by atoms with E-state index in [1.54, 1.807) is 6.07 Å². The lowest BCUT2D eigenvalue weighted by Crippen LogP contribution is -2.40. The maximum absolute atomic E-state index is 12.4. The van der Waals surface area contributed by atoms with Crippen molar-refractivity contribution in [2.75, 3.05) is 18.4 Å². The third-order valence-corrected chi connectivity index (χ3v) is 4.64. The first kappa shape index (κ1) is 17.2. The smallest absolute Gasteiger partial charge is 0.291 e. The van der Waals surface area contributed by atoms with Crippen LogP contribution in [0.2, 0.25) is 0 Å². The number of rotatable bonds is 5. The summed E-state index contributed by atoms with van der Waals surface area (Å²) in [5.41, 5.74) is 8.01. The van der Waals surface area contributed by atoms with Gasteiger partial charge in [0, 0.05) is 24.3 Å². The Labute approximate surface area is 147 Å². The van der Waals surface area contributed by atoms with Crippen LogP contribution in [0.3, 0.4) is 0 Å². The number of furan rings is 1. The van der Waals surface area contributed by atoms with Gasteiger partial charge in [-0.25, -0.2) is 0 Å². The van der Waals surface area contributed by atoms with Crippen LogP contribution in [0.4, 0.5) is 5.69 Å². The number of carbonyl (C=O) groups excluding carboxylic acids is 2. The summed E-state index contributed by atoms with van der Waals surface area (Å²) < 4.78 is 5.25. The monoisotopic (exact) mass is 341 g/mol. The van der Waals surface area contributed by atoms with Crippen molar-refractivity contribution < 1.29 is 14.0 Å². The van der Waals surface area contributed by atoms with Crippen LogP contribution in [-0.2, 0) is 11.3 Å². The van der Waals surface area contributed by atoms with Gasteiger partial charge in [-0.15, -0.1) is 0 Å². The molecule has 132 valence electrons. The molecule has 2 aromatic rings. The van der Waals surface area contributed by atoms with E-state index in [2.05, 4.69) is 10.2 Å². The van der Waals surface area contributed by atoms with Crippen molar-refractivity contribution in [3.8, 4) is 0 Å². The highest BCUT2D eigenvalue weighted by atomic mass is 16.3. The van der Waals surface area contributed by atoms with Crippen molar-refractivity contribution in [1.82, 2.24) is 4.90 Å². The second-order valence-electron chi connectivity index (χ2n) is 6.52. The van der Waals surface area contributed by atoms with E-state index < -0.39 is 0 Å². The summed E-state index contributed by atoms with van der Waals surface area (Å²) in [5.74, 6) is -0.272. The van der Waals surface area contributed by atoms with Crippen molar-refractivity contribution in [2.24, 2.45) is 11.7 Å². The van der Waals surface area contributed by atoms with E-state index in [0.717, 1.165) is 36.2 Å². The largest absolute Gasteiger partial charge is 0.459 e. The number of anilines is 1. The number of primary amides is 1. The number of nitrogens with one attached hydrogen (secondary N) is 1. The van der Waals surface area contributed by atoms with Gasteiger partial charge >= 0.3 is 0 Å². The van der Waals surface area contributed by atoms with Gasteiger partial charge in [-0.3, -0.25) is 14.5 Å². The molecule has 1 aromatic carbocycles. The molecule has 1 fully saturated rings. The number of amides is 2. The number of aryl methyl sites for hydroxylation is 1. The predicted molar refractivity (Wildman–Crippen MR) is 95.0 cm³/mol. The Morgan fingerprint density at radius 3 is 2.84 bits per heavy atom. The molecule has 2 heterocycles. The molecule has 0 spiro atoms. The normalized spacial score (nSPS) is 18.0. The van der Waals surface area contributed by atoms with Crippen molar-refractivity contribution in [2.45, 2.75) is 26.3 Å². The number of carbonyl (C=O) groups is 2. The van der Waals surface area contributed by atoms with E-state index in [-0.39, 0.29) is 17.7 Å². The topological polar surface area (TPSA) is 88.6 Å². The molecule has 1 aromatic heterocycles. The maximum atomic E-state index is 12.4. The molecule has 1 aliphatic rings. The van der Waals surface area contributed by atoms with E-state index in [1.165, 1.54) is 6.26 Å². The Balaban J connectivity index is 1.72. The van der Waals surface area contributed by atoms with Crippen LogP contribution in [-0.4, -0.2) is 29.8 Å². The summed E-state index contributed by atoms with van der Waals surface area (Å²) in [7, 11) is 0.